The molecule has 2 aromatic rings. The molecule has 210 valence electrons. The number of sulfonamides is 1. The maximum absolute atomic E-state index is 13.7. The van der Waals surface area contributed by atoms with Crippen LogP contribution in [0.5, 0.6) is 0 Å². The van der Waals surface area contributed by atoms with Gasteiger partial charge in [-0.2, -0.15) is 4.31 Å². The molecule has 1 fully saturated rings. The van der Waals surface area contributed by atoms with E-state index in [1.54, 1.807) is 0 Å². The molecule has 0 bridgehead atoms. The minimum Gasteiger partial charge on any atom is -0.456 e. The van der Waals surface area contributed by atoms with Crippen LogP contribution in [-0.4, -0.2) is 49.7 Å². The monoisotopic (exact) mass is 555 g/mol. The van der Waals surface area contributed by atoms with Crippen molar-refractivity contribution in [2.45, 2.75) is 81.7 Å². The summed E-state index contributed by atoms with van der Waals surface area (Å²) in [7, 11) is -3.97. The molecule has 0 aromatic heterocycles. The topological polar surface area (TPSA) is 122 Å². The van der Waals surface area contributed by atoms with Crippen LogP contribution < -0.4 is 10.6 Å². The lowest BCUT2D eigenvalue weighted by molar-refractivity contribution is -0.149. The fraction of sp³-hybridized carbons (Fsp3) is 0.483. The molecule has 2 amide bonds. The molecule has 1 atom stereocenters. The van der Waals surface area contributed by atoms with Crippen molar-refractivity contribution in [1.82, 2.24) is 9.62 Å². The van der Waals surface area contributed by atoms with Gasteiger partial charge in [-0.15, -0.1) is 0 Å². The highest BCUT2D eigenvalue weighted by atomic mass is 32.2. The number of benzene rings is 2. The number of fused-ring (bicyclic) bond motifs is 1. The standard InChI is InChI=1S/C29H37N3O6S/c1-21(33)30-24-13-15-25(16-14-24)39(36,37)32-18-17-22-9-7-8-12-26(22)27(32)19-29(35)38-20-28(34)31-23-10-5-3-2-4-6-11-23/h7-9,12-16,23,27H,2-6,10-11,17-20H2,1H3,(H,30,33)(H,31,34). The van der Waals surface area contributed by atoms with Gasteiger partial charge in [0.15, 0.2) is 6.61 Å². The van der Waals surface area contributed by atoms with Crippen LogP contribution in [0.25, 0.3) is 0 Å². The summed E-state index contributed by atoms with van der Waals surface area (Å²) >= 11 is 0. The summed E-state index contributed by atoms with van der Waals surface area (Å²) in [6.07, 6.45) is 7.88. The van der Waals surface area contributed by atoms with E-state index in [4.69, 9.17) is 4.74 Å². The molecule has 1 unspecified atom stereocenters. The Morgan fingerprint density at radius 1 is 0.949 bits per heavy atom. The smallest absolute Gasteiger partial charge is 0.308 e. The van der Waals surface area contributed by atoms with Crippen LogP contribution in [0.4, 0.5) is 5.69 Å². The number of ether oxygens (including phenoxy) is 1. The van der Waals surface area contributed by atoms with Gasteiger partial charge < -0.3 is 15.4 Å². The maximum Gasteiger partial charge on any atom is 0.308 e. The molecule has 39 heavy (non-hydrogen) atoms. The number of hydrogen-bond acceptors (Lipinski definition) is 6. The highest BCUT2D eigenvalue weighted by molar-refractivity contribution is 7.89. The molecule has 2 N–H and O–H groups in total. The average molecular weight is 556 g/mol. The lowest BCUT2D eigenvalue weighted by Crippen LogP contribution is -2.41. The Labute approximate surface area is 230 Å². The largest absolute Gasteiger partial charge is 0.456 e. The highest BCUT2D eigenvalue weighted by Gasteiger charge is 2.38. The Balaban J connectivity index is 1.45. The van der Waals surface area contributed by atoms with Gasteiger partial charge in [0, 0.05) is 25.2 Å². The van der Waals surface area contributed by atoms with Gasteiger partial charge in [0.2, 0.25) is 15.9 Å². The minimum atomic E-state index is -3.97. The molecule has 10 heteroatoms. The number of nitrogens with one attached hydrogen (secondary N) is 2. The van der Waals surface area contributed by atoms with Gasteiger partial charge >= 0.3 is 5.97 Å². The van der Waals surface area contributed by atoms with E-state index in [1.807, 2.05) is 24.3 Å². The van der Waals surface area contributed by atoms with Crippen LogP contribution in [0.1, 0.15) is 75.5 Å². The first-order valence-electron chi connectivity index (χ1n) is 13.7. The van der Waals surface area contributed by atoms with Crippen LogP contribution in [0.2, 0.25) is 0 Å². The van der Waals surface area contributed by atoms with Crippen LogP contribution in [0.3, 0.4) is 0 Å². The predicted molar refractivity (Wildman–Crippen MR) is 147 cm³/mol. The van der Waals surface area contributed by atoms with Crippen LogP contribution in [-0.2, 0) is 35.6 Å². The number of anilines is 1. The number of amides is 2. The quantitative estimate of drug-likeness (QED) is 0.473. The summed E-state index contributed by atoms with van der Waals surface area (Å²) in [5.41, 5.74) is 2.21. The molecule has 2 aromatic carbocycles. The third kappa shape index (κ3) is 7.67. The van der Waals surface area contributed by atoms with Crippen LogP contribution >= 0.6 is 0 Å². The summed E-state index contributed by atoms with van der Waals surface area (Å²) < 4.78 is 34.0. The van der Waals surface area contributed by atoms with E-state index in [9.17, 15) is 22.8 Å². The van der Waals surface area contributed by atoms with Gasteiger partial charge in [-0.25, -0.2) is 8.42 Å². The van der Waals surface area contributed by atoms with Crippen molar-refractivity contribution in [3.05, 3.63) is 59.7 Å². The van der Waals surface area contributed by atoms with Crippen molar-refractivity contribution in [3.8, 4) is 0 Å². The highest BCUT2D eigenvalue weighted by Crippen LogP contribution is 2.36. The molecule has 1 heterocycles. The Morgan fingerprint density at radius 2 is 1.62 bits per heavy atom. The van der Waals surface area contributed by atoms with Gasteiger partial charge in [0.05, 0.1) is 17.4 Å². The van der Waals surface area contributed by atoms with E-state index in [-0.39, 0.29) is 42.3 Å². The van der Waals surface area contributed by atoms with E-state index < -0.39 is 22.0 Å². The lowest BCUT2D eigenvalue weighted by Gasteiger charge is -2.36. The van der Waals surface area contributed by atoms with Gasteiger partial charge in [0.1, 0.15) is 0 Å². The Kier molecular flexibility index (Phi) is 9.74. The van der Waals surface area contributed by atoms with Crippen molar-refractivity contribution in [1.29, 1.82) is 0 Å². The van der Waals surface area contributed by atoms with Crippen molar-refractivity contribution in [2.24, 2.45) is 0 Å². The zero-order valence-corrected chi connectivity index (χ0v) is 23.2. The Morgan fingerprint density at radius 3 is 2.31 bits per heavy atom. The summed E-state index contributed by atoms with van der Waals surface area (Å²) in [4.78, 5) is 36.8. The lowest BCUT2D eigenvalue weighted by atomic mass is 9.92. The first-order valence-corrected chi connectivity index (χ1v) is 15.1. The zero-order valence-electron chi connectivity index (χ0n) is 22.4. The normalized spacial score (nSPS) is 18.7. The number of rotatable bonds is 8. The first kappa shape index (κ1) is 28.8. The van der Waals surface area contributed by atoms with Crippen molar-refractivity contribution in [2.75, 3.05) is 18.5 Å². The van der Waals surface area contributed by atoms with Gasteiger partial charge in [0.25, 0.3) is 5.91 Å². The van der Waals surface area contributed by atoms with E-state index in [0.717, 1.165) is 36.8 Å². The zero-order chi connectivity index (χ0) is 27.8. The van der Waals surface area contributed by atoms with Crippen molar-refractivity contribution in [3.63, 3.8) is 0 Å². The molecule has 0 radical (unpaired) electrons. The number of carbonyl (C=O) groups is 3. The Hall–Kier alpha value is -3.24. The minimum absolute atomic E-state index is 0.0629. The molecular weight excluding hydrogens is 518 g/mol. The van der Waals surface area contributed by atoms with E-state index in [1.165, 1.54) is 54.8 Å². The fourth-order valence-electron chi connectivity index (χ4n) is 5.41. The SMILES string of the molecule is CC(=O)Nc1ccc(S(=O)(=O)N2CCc3ccccc3C2CC(=O)OCC(=O)NC2CCCCCCC2)cc1. The molecule has 1 aliphatic carbocycles. The molecule has 1 aliphatic heterocycles. The second-order valence-electron chi connectivity index (χ2n) is 10.3. The first-order chi connectivity index (χ1) is 18.7. The number of carbonyl (C=O) groups excluding carboxylic acids is 3. The molecule has 9 nitrogen and oxygen atoms in total. The summed E-state index contributed by atoms with van der Waals surface area (Å²) in [5.74, 6) is -1.22. The summed E-state index contributed by atoms with van der Waals surface area (Å²) in [6.45, 7) is 1.19. The van der Waals surface area contributed by atoms with Gasteiger partial charge in [-0.1, -0.05) is 56.4 Å². The predicted octanol–water partition coefficient (Wildman–Crippen LogP) is 4.10. The van der Waals surface area contributed by atoms with Crippen LogP contribution in [0.15, 0.2) is 53.4 Å². The van der Waals surface area contributed by atoms with E-state index >= 15 is 0 Å². The number of nitrogens with zero attached hydrogens (tertiary/aromatic N) is 1. The molecule has 0 saturated heterocycles. The summed E-state index contributed by atoms with van der Waals surface area (Å²) in [6, 6.07) is 12.7. The maximum atomic E-state index is 13.7. The fourth-order valence-corrected chi connectivity index (χ4v) is 7.02. The van der Waals surface area contributed by atoms with Crippen LogP contribution in [0, 0.1) is 0 Å². The van der Waals surface area contributed by atoms with Gasteiger partial charge in [-0.3, -0.25) is 14.4 Å². The second-order valence-corrected chi connectivity index (χ2v) is 12.2. The van der Waals surface area contributed by atoms with Gasteiger partial charge in [-0.05, 0) is 54.7 Å². The molecule has 4 rings (SSSR count). The third-order valence-corrected chi connectivity index (χ3v) is 9.26. The van der Waals surface area contributed by atoms with Crippen molar-refractivity contribution < 1.29 is 27.5 Å². The average Bonchev–Trinajstić information content (AvgIpc) is 2.89. The number of esters is 1. The second kappa shape index (κ2) is 13.2. The Bertz CT molecular complexity index is 1270. The molecular formula is C29H37N3O6S. The van der Waals surface area contributed by atoms with E-state index in [0.29, 0.717) is 12.1 Å². The summed E-state index contributed by atoms with van der Waals surface area (Å²) in [5, 5.41) is 5.61. The third-order valence-electron chi connectivity index (χ3n) is 7.34. The molecule has 1 saturated carbocycles. The number of hydrogen-bond donors (Lipinski definition) is 2. The molecule has 2 aliphatic rings. The van der Waals surface area contributed by atoms with Crippen molar-refractivity contribution >= 4 is 33.5 Å². The van der Waals surface area contributed by atoms with E-state index in [2.05, 4.69) is 10.6 Å². The molecule has 0 spiro atoms.